The van der Waals surface area contributed by atoms with E-state index in [-0.39, 0.29) is 5.91 Å². The van der Waals surface area contributed by atoms with E-state index in [2.05, 4.69) is 17.3 Å². The maximum Gasteiger partial charge on any atom is 0.220 e. The zero-order valence-electron chi connectivity index (χ0n) is 16.6. The molecule has 1 heterocycles. The number of piperidine rings is 1. The summed E-state index contributed by atoms with van der Waals surface area (Å²) in [5.41, 5.74) is 1.10. The van der Waals surface area contributed by atoms with Gasteiger partial charge in [0, 0.05) is 13.0 Å². The molecular formula is C21H34N2O3. The Morgan fingerprint density at radius 3 is 2.54 bits per heavy atom. The van der Waals surface area contributed by atoms with Gasteiger partial charge in [0.25, 0.3) is 0 Å². The zero-order valence-corrected chi connectivity index (χ0v) is 16.6. The largest absolute Gasteiger partial charge is 0.490 e. The molecular weight excluding hydrogens is 328 g/mol. The molecule has 1 aliphatic heterocycles. The van der Waals surface area contributed by atoms with Crippen molar-refractivity contribution >= 4 is 5.91 Å². The predicted molar refractivity (Wildman–Crippen MR) is 105 cm³/mol. The van der Waals surface area contributed by atoms with E-state index in [0.717, 1.165) is 35.9 Å². The van der Waals surface area contributed by atoms with E-state index < -0.39 is 0 Å². The first-order valence-corrected chi connectivity index (χ1v) is 9.96. The van der Waals surface area contributed by atoms with Gasteiger partial charge in [-0.25, -0.2) is 0 Å². The normalized spacial score (nSPS) is 15.7. The van der Waals surface area contributed by atoms with E-state index in [1.165, 1.54) is 25.9 Å². The van der Waals surface area contributed by atoms with Gasteiger partial charge in [-0.1, -0.05) is 6.07 Å². The lowest BCUT2D eigenvalue weighted by molar-refractivity contribution is -0.121. The van der Waals surface area contributed by atoms with E-state index in [0.29, 0.717) is 26.1 Å². The maximum absolute atomic E-state index is 12.1. The first-order valence-electron chi connectivity index (χ1n) is 9.96. The Balaban J connectivity index is 1.71. The summed E-state index contributed by atoms with van der Waals surface area (Å²) >= 11 is 0. The minimum Gasteiger partial charge on any atom is -0.490 e. The molecule has 1 aliphatic rings. The Labute approximate surface area is 158 Å². The number of nitrogens with zero attached hydrogens (tertiary/aromatic N) is 1. The van der Waals surface area contributed by atoms with Crippen LogP contribution in [-0.4, -0.2) is 50.7 Å². The van der Waals surface area contributed by atoms with Gasteiger partial charge in [0.15, 0.2) is 11.5 Å². The van der Waals surface area contributed by atoms with Crippen LogP contribution in [-0.2, 0) is 11.2 Å². The average Bonchev–Trinajstić information content (AvgIpc) is 2.64. The van der Waals surface area contributed by atoms with Gasteiger partial charge >= 0.3 is 0 Å². The van der Waals surface area contributed by atoms with Gasteiger partial charge in [0.05, 0.1) is 13.2 Å². The standard InChI is InChI=1S/C21H34N2O3/c1-4-25-19-8-6-18(16-20(19)26-5-2)7-9-21(24)22-13-10-17-11-14-23(3)15-12-17/h6,8,16-17H,4-5,7,9-15H2,1-3H3,(H,22,24). The van der Waals surface area contributed by atoms with E-state index in [4.69, 9.17) is 9.47 Å². The molecule has 0 aromatic heterocycles. The summed E-state index contributed by atoms with van der Waals surface area (Å²) in [5.74, 6) is 2.41. The van der Waals surface area contributed by atoms with Crippen molar-refractivity contribution in [2.45, 2.75) is 46.0 Å². The first-order chi connectivity index (χ1) is 12.6. The van der Waals surface area contributed by atoms with Crippen molar-refractivity contribution in [1.29, 1.82) is 0 Å². The lowest BCUT2D eigenvalue weighted by Gasteiger charge is -2.28. The zero-order chi connectivity index (χ0) is 18.8. The molecule has 1 saturated heterocycles. The third-order valence-electron chi connectivity index (χ3n) is 4.96. The molecule has 1 N–H and O–H groups in total. The summed E-state index contributed by atoms with van der Waals surface area (Å²) in [5, 5.41) is 3.07. The van der Waals surface area contributed by atoms with Crippen LogP contribution >= 0.6 is 0 Å². The molecule has 1 amide bonds. The molecule has 146 valence electrons. The average molecular weight is 363 g/mol. The molecule has 26 heavy (non-hydrogen) atoms. The second-order valence-corrected chi connectivity index (χ2v) is 7.03. The van der Waals surface area contributed by atoms with Crippen molar-refractivity contribution in [3.8, 4) is 11.5 Å². The molecule has 1 aromatic rings. The van der Waals surface area contributed by atoms with Crippen molar-refractivity contribution in [2.75, 3.05) is 39.9 Å². The monoisotopic (exact) mass is 362 g/mol. The number of nitrogens with one attached hydrogen (secondary N) is 1. The van der Waals surface area contributed by atoms with Crippen LogP contribution in [0.2, 0.25) is 0 Å². The van der Waals surface area contributed by atoms with Crippen LogP contribution in [0.1, 0.15) is 45.1 Å². The number of hydrogen-bond donors (Lipinski definition) is 1. The van der Waals surface area contributed by atoms with Crippen LogP contribution in [0.3, 0.4) is 0 Å². The number of likely N-dealkylation sites (tertiary alicyclic amines) is 1. The fourth-order valence-electron chi connectivity index (χ4n) is 3.36. The van der Waals surface area contributed by atoms with Gasteiger partial charge in [-0.05, 0) is 83.3 Å². The Hall–Kier alpha value is -1.75. The highest BCUT2D eigenvalue weighted by atomic mass is 16.5. The third-order valence-corrected chi connectivity index (χ3v) is 4.96. The number of carbonyl (C=O) groups excluding carboxylic acids is 1. The second kappa shape index (κ2) is 11.1. The number of rotatable bonds is 10. The van der Waals surface area contributed by atoms with Crippen molar-refractivity contribution in [1.82, 2.24) is 10.2 Å². The van der Waals surface area contributed by atoms with Crippen molar-refractivity contribution in [3.05, 3.63) is 23.8 Å². The van der Waals surface area contributed by atoms with Gasteiger partial charge < -0.3 is 19.7 Å². The minimum atomic E-state index is 0.129. The van der Waals surface area contributed by atoms with Crippen LogP contribution < -0.4 is 14.8 Å². The van der Waals surface area contributed by atoms with E-state index in [1.54, 1.807) is 0 Å². The topological polar surface area (TPSA) is 50.8 Å². The Kier molecular flexibility index (Phi) is 8.75. The summed E-state index contributed by atoms with van der Waals surface area (Å²) in [6, 6.07) is 5.93. The Bertz CT molecular complexity index is 554. The number of ether oxygens (including phenoxy) is 2. The van der Waals surface area contributed by atoms with Gasteiger partial charge in [-0.15, -0.1) is 0 Å². The number of benzene rings is 1. The minimum absolute atomic E-state index is 0.129. The lowest BCUT2D eigenvalue weighted by atomic mass is 9.94. The van der Waals surface area contributed by atoms with Crippen molar-refractivity contribution in [2.24, 2.45) is 5.92 Å². The molecule has 1 fully saturated rings. The van der Waals surface area contributed by atoms with E-state index >= 15 is 0 Å². The first kappa shape index (κ1) is 20.6. The Morgan fingerprint density at radius 1 is 1.15 bits per heavy atom. The van der Waals surface area contributed by atoms with E-state index in [1.807, 2.05) is 32.0 Å². The molecule has 5 heteroatoms. The maximum atomic E-state index is 12.1. The molecule has 0 spiro atoms. The molecule has 0 bridgehead atoms. The highest BCUT2D eigenvalue weighted by Gasteiger charge is 2.16. The third kappa shape index (κ3) is 6.87. The van der Waals surface area contributed by atoms with Crippen LogP contribution in [0.15, 0.2) is 18.2 Å². The molecule has 2 rings (SSSR count). The van der Waals surface area contributed by atoms with Gasteiger partial charge in [0.1, 0.15) is 0 Å². The lowest BCUT2D eigenvalue weighted by Crippen LogP contribution is -2.32. The second-order valence-electron chi connectivity index (χ2n) is 7.03. The summed E-state index contributed by atoms with van der Waals surface area (Å²) in [6.45, 7) is 8.28. The van der Waals surface area contributed by atoms with Crippen LogP contribution in [0.5, 0.6) is 11.5 Å². The van der Waals surface area contributed by atoms with Crippen LogP contribution in [0, 0.1) is 5.92 Å². The summed E-state index contributed by atoms with van der Waals surface area (Å²) in [4.78, 5) is 14.5. The summed E-state index contributed by atoms with van der Waals surface area (Å²) in [6.07, 6.45) is 4.81. The number of amides is 1. The summed E-state index contributed by atoms with van der Waals surface area (Å²) in [7, 11) is 2.18. The number of carbonyl (C=O) groups is 1. The fourth-order valence-corrected chi connectivity index (χ4v) is 3.36. The van der Waals surface area contributed by atoms with Crippen molar-refractivity contribution < 1.29 is 14.3 Å². The molecule has 0 saturated carbocycles. The quantitative estimate of drug-likeness (QED) is 0.694. The smallest absolute Gasteiger partial charge is 0.220 e. The SMILES string of the molecule is CCOc1ccc(CCC(=O)NCCC2CCN(C)CC2)cc1OCC. The molecule has 1 aromatic carbocycles. The number of hydrogen-bond acceptors (Lipinski definition) is 4. The Morgan fingerprint density at radius 2 is 1.85 bits per heavy atom. The molecule has 0 atom stereocenters. The van der Waals surface area contributed by atoms with E-state index in [9.17, 15) is 4.79 Å². The molecule has 0 unspecified atom stereocenters. The van der Waals surface area contributed by atoms with Gasteiger partial charge in [-0.2, -0.15) is 0 Å². The fraction of sp³-hybridized carbons (Fsp3) is 0.667. The molecule has 5 nitrogen and oxygen atoms in total. The van der Waals surface area contributed by atoms with Gasteiger partial charge in [0.2, 0.25) is 5.91 Å². The summed E-state index contributed by atoms with van der Waals surface area (Å²) < 4.78 is 11.2. The highest BCUT2D eigenvalue weighted by molar-refractivity contribution is 5.76. The predicted octanol–water partition coefficient (Wildman–Crippen LogP) is 3.26. The molecule has 0 radical (unpaired) electrons. The van der Waals surface area contributed by atoms with Crippen molar-refractivity contribution in [3.63, 3.8) is 0 Å². The molecule has 0 aliphatic carbocycles. The van der Waals surface area contributed by atoms with Crippen LogP contribution in [0.25, 0.3) is 0 Å². The highest BCUT2D eigenvalue weighted by Crippen LogP contribution is 2.29. The van der Waals surface area contributed by atoms with Gasteiger partial charge in [-0.3, -0.25) is 4.79 Å². The number of aryl methyl sites for hydroxylation is 1. The van der Waals surface area contributed by atoms with Crippen LogP contribution in [0.4, 0.5) is 0 Å².